The van der Waals surface area contributed by atoms with Gasteiger partial charge in [0.1, 0.15) is 12.9 Å². The van der Waals surface area contributed by atoms with Crippen LogP contribution >= 0.6 is 0 Å². The van der Waals surface area contributed by atoms with Crippen LogP contribution in [0.15, 0.2) is 71.3 Å². The summed E-state index contributed by atoms with van der Waals surface area (Å²) in [5, 5.41) is 2.03. The topological polar surface area (TPSA) is 29.9 Å². The Labute approximate surface area is 168 Å². The lowest BCUT2D eigenvalue weighted by molar-refractivity contribution is -0.660. The summed E-state index contributed by atoms with van der Waals surface area (Å²) in [7, 11) is 1.99. The van der Waals surface area contributed by atoms with Crippen molar-refractivity contribution in [3.8, 4) is 22.4 Å². The molecule has 0 aliphatic rings. The fourth-order valence-corrected chi connectivity index (χ4v) is 3.91. The number of pyridine rings is 2. The van der Waals surface area contributed by atoms with Crippen LogP contribution in [0, 0.1) is 19.7 Å². The molecule has 0 fully saturated rings. The van der Waals surface area contributed by atoms with Crippen LogP contribution in [0.2, 0.25) is 0 Å². The van der Waals surface area contributed by atoms with Gasteiger partial charge in [0.05, 0.1) is 5.56 Å². The van der Waals surface area contributed by atoms with Gasteiger partial charge in [0.25, 0.3) is 0 Å². The summed E-state index contributed by atoms with van der Waals surface area (Å²) < 4.78 is 22.7. The van der Waals surface area contributed by atoms with Crippen molar-refractivity contribution < 1.29 is 13.4 Å². The second-order valence-electron chi connectivity index (χ2n) is 7.43. The maximum absolute atomic E-state index is 14.4. The molecule has 0 unspecified atom stereocenters. The van der Waals surface area contributed by atoms with Crippen molar-refractivity contribution in [3.05, 3.63) is 83.9 Å². The maximum Gasteiger partial charge on any atom is 0.227 e. The van der Waals surface area contributed by atoms with Crippen molar-refractivity contribution in [2.75, 3.05) is 0 Å². The van der Waals surface area contributed by atoms with E-state index in [0.29, 0.717) is 11.3 Å². The minimum Gasteiger partial charge on any atom is -0.437 e. The third kappa shape index (κ3) is 2.80. The van der Waals surface area contributed by atoms with E-state index in [1.54, 1.807) is 12.1 Å². The Morgan fingerprint density at radius 1 is 0.931 bits per heavy atom. The Bertz CT molecular complexity index is 1400. The average Bonchev–Trinajstić information content (AvgIpc) is 3.06. The summed E-state index contributed by atoms with van der Waals surface area (Å²) in [6.07, 6.45) is 1.96. The van der Waals surface area contributed by atoms with E-state index < -0.39 is 0 Å². The largest absolute Gasteiger partial charge is 0.437 e. The molecule has 3 heterocycles. The first-order valence-electron chi connectivity index (χ1n) is 9.57. The number of aromatic nitrogens is 2. The van der Waals surface area contributed by atoms with E-state index in [4.69, 9.17) is 4.42 Å². The lowest BCUT2D eigenvalue weighted by Crippen LogP contribution is -2.30. The molecule has 3 aromatic heterocycles. The van der Waals surface area contributed by atoms with Gasteiger partial charge in [-0.05, 0) is 43.2 Å². The molecule has 0 atom stereocenters. The minimum absolute atomic E-state index is 0.231. The van der Waals surface area contributed by atoms with Gasteiger partial charge in [-0.15, -0.1) is 0 Å². The summed E-state index contributed by atoms with van der Waals surface area (Å²) in [5.74, 6) is -0.231. The summed E-state index contributed by atoms with van der Waals surface area (Å²) in [5.41, 5.74) is 6.83. The Hall–Kier alpha value is -3.53. The molecule has 3 nitrogen and oxygen atoms in total. The zero-order chi connectivity index (χ0) is 20.1. The molecule has 142 valence electrons. The molecule has 0 saturated carbocycles. The first-order valence-corrected chi connectivity index (χ1v) is 9.57. The number of halogens is 1. The van der Waals surface area contributed by atoms with Gasteiger partial charge in [-0.3, -0.25) is 0 Å². The lowest BCUT2D eigenvalue weighted by Gasteiger charge is -2.08. The van der Waals surface area contributed by atoms with Gasteiger partial charge in [-0.2, -0.15) is 0 Å². The zero-order valence-corrected chi connectivity index (χ0v) is 16.5. The van der Waals surface area contributed by atoms with Gasteiger partial charge in [-0.1, -0.05) is 30.3 Å². The van der Waals surface area contributed by atoms with E-state index in [-0.39, 0.29) is 5.82 Å². The van der Waals surface area contributed by atoms with E-state index in [1.165, 1.54) is 6.07 Å². The number of fused-ring (bicyclic) bond motifs is 3. The molecule has 0 N–H and O–H groups in total. The van der Waals surface area contributed by atoms with E-state index in [9.17, 15) is 4.39 Å². The maximum atomic E-state index is 14.4. The summed E-state index contributed by atoms with van der Waals surface area (Å²) in [6, 6.07) is 19.0. The predicted molar refractivity (Wildman–Crippen MR) is 113 cm³/mol. The van der Waals surface area contributed by atoms with E-state index >= 15 is 0 Å². The number of benzene rings is 2. The molecule has 2 aromatic carbocycles. The van der Waals surface area contributed by atoms with E-state index in [1.807, 2.05) is 49.0 Å². The minimum atomic E-state index is -0.231. The summed E-state index contributed by atoms with van der Waals surface area (Å²) in [4.78, 5) is 4.55. The van der Waals surface area contributed by atoms with Crippen LogP contribution in [0.25, 0.3) is 44.5 Å². The third-order valence-electron chi connectivity index (χ3n) is 5.45. The number of hydrogen-bond donors (Lipinski definition) is 0. The molecule has 0 amide bonds. The number of furan rings is 1. The van der Waals surface area contributed by atoms with E-state index in [2.05, 4.69) is 30.1 Å². The highest BCUT2D eigenvalue weighted by molar-refractivity contribution is 6.08. The van der Waals surface area contributed by atoms with Crippen molar-refractivity contribution in [2.24, 2.45) is 7.05 Å². The van der Waals surface area contributed by atoms with Crippen LogP contribution in [0.1, 0.15) is 11.3 Å². The Balaban J connectivity index is 1.82. The van der Waals surface area contributed by atoms with Crippen LogP contribution in [-0.4, -0.2) is 4.98 Å². The van der Waals surface area contributed by atoms with Crippen LogP contribution in [0.4, 0.5) is 4.39 Å². The van der Waals surface area contributed by atoms with Gasteiger partial charge >= 0.3 is 0 Å². The van der Waals surface area contributed by atoms with Gasteiger partial charge in [0, 0.05) is 34.2 Å². The fraction of sp³-hybridized carbons (Fsp3) is 0.120. The molecule has 4 heteroatoms. The normalized spacial score (nSPS) is 11.4. The Morgan fingerprint density at radius 2 is 1.72 bits per heavy atom. The van der Waals surface area contributed by atoms with Crippen LogP contribution in [0.5, 0.6) is 0 Å². The number of hydrogen-bond acceptors (Lipinski definition) is 2. The van der Waals surface area contributed by atoms with Crippen LogP contribution in [0.3, 0.4) is 0 Å². The molecule has 0 saturated heterocycles. The highest BCUT2D eigenvalue weighted by Crippen LogP contribution is 2.37. The zero-order valence-electron chi connectivity index (χ0n) is 16.5. The molecule has 5 aromatic rings. The molecular weight excluding hydrogens is 363 g/mol. The summed E-state index contributed by atoms with van der Waals surface area (Å²) >= 11 is 0. The molecule has 29 heavy (non-hydrogen) atoms. The van der Waals surface area contributed by atoms with Crippen LogP contribution < -0.4 is 4.57 Å². The highest BCUT2D eigenvalue weighted by Gasteiger charge is 2.22. The second-order valence-corrected chi connectivity index (χ2v) is 7.43. The smallest absolute Gasteiger partial charge is 0.227 e. The second kappa shape index (κ2) is 6.52. The highest BCUT2D eigenvalue weighted by atomic mass is 19.1. The van der Waals surface area contributed by atoms with Crippen molar-refractivity contribution in [3.63, 3.8) is 0 Å². The first-order chi connectivity index (χ1) is 14.0. The number of nitrogens with zero attached hydrogens (tertiary/aromatic N) is 2. The van der Waals surface area contributed by atoms with Gasteiger partial charge < -0.3 is 4.42 Å². The van der Waals surface area contributed by atoms with Gasteiger partial charge in [0.15, 0.2) is 11.8 Å². The SMILES string of the molecule is Cc1ccc2c(n1)oc1c(-c3cc(-c4ccccc4F)cc[n+]3C)c(C)ccc12. The lowest BCUT2D eigenvalue weighted by atomic mass is 9.98. The number of aryl methyl sites for hydroxylation is 3. The van der Waals surface area contributed by atoms with Crippen molar-refractivity contribution >= 4 is 22.1 Å². The van der Waals surface area contributed by atoms with Crippen molar-refractivity contribution in [1.82, 2.24) is 4.98 Å². The Kier molecular flexibility index (Phi) is 3.95. The molecule has 0 aliphatic heterocycles. The molecule has 5 rings (SSSR count). The van der Waals surface area contributed by atoms with Crippen molar-refractivity contribution in [1.29, 1.82) is 0 Å². The third-order valence-corrected chi connectivity index (χ3v) is 5.45. The quantitative estimate of drug-likeness (QED) is 0.356. The first kappa shape index (κ1) is 17.6. The van der Waals surface area contributed by atoms with Crippen molar-refractivity contribution in [2.45, 2.75) is 13.8 Å². The van der Waals surface area contributed by atoms with Gasteiger partial charge in [-0.25, -0.2) is 13.9 Å². The molecular formula is C25H20FN2O+. The predicted octanol–water partition coefficient (Wildman–Crippen LogP) is 5.90. The summed E-state index contributed by atoms with van der Waals surface area (Å²) in [6.45, 7) is 4.02. The van der Waals surface area contributed by atoms with Gasteiger partial charge in [0.2, 0.25) is 11.4 Å². The molecule has 0 aliphatic carbocycles. The standard InChI is InChI=1S/C25H20FN2O/c1-15-8-10-19-20-11-9-16(2)27-25(20)29-24(19)23(15)22-14-17(12-13-28(22)3)18-6-4-5-7-21(18)26/h4-14H,1-3H3/q+1. The molecule has 0 radical (unpaired) electrons. The molecule has 0 bridgehead atoms. The monoisotopic (exact) mass is 383 g/mol. The number of rotatable bonds is 2. The average molecular weight is 383 g/mol. The fourth-order valence-electron chi connectivity index (χ4n) is 3.91. The van der Waals surface area contributed by atoms with Crippen LogP contribution in [-0.2, 0) is 7.05 Å². The Morgan fingerprint density at radius 3 is 2.55 bits per heavy atom. The van der Waals surface area contributed by atoms with E-state index in [0.717, 1.165) is 44.4 Å². The molecule has 0 spiro atoms.